The van der Waals surface area contributed by atoms with E-state index in [0.717, 1.165) is 33.0 Å². The molecule has 0 saturated carbocycles. The highest BCUT2D eigenvalue weighted by molar-refractivity contribution is 5.92. The third kappa shape index (κ3) is 4.82. The van der Waals surface area contributed by atoms with Gasteiger partial charge in [-0.05, 0) is 47.0 Å². The van der Waals surface area contributed by atoms with Crippen molar-refractivity contribution in [3.05, 3.63) is 113 Å². The van der Waals surface area contributed by atoms with Crippen molar-refractivity contribution in [2.24, 2.45) is 5.73 Å². The van der Waals surface area contributed by atoms with Gasteiger partial charge in [-0.1, -0.05) is 91.0 Å². The number of phenols is 1. The number of aryl methyl sites for hydroxylation is 1. The maximum Gasteiger partial charge on any atom is 0.221 e. The number of nitrogens with one attached hydrogen (secondary N) is 1. The van der Waals surface area contributed by atoms with E-state index < -0.39 is 0 Å². The maximum atomic E-state index is 12.9. The van der Waals surface area contributed by atoms with E-state index in [-0.39, 0.29) is 17.7 Å². The van der Waals surface area contributed by atoms with Crippen molar-refractivity contribution >= 4 is 16.7 Å². The summed E-state index contributed by atoms with van der Waals surface area (Å²) in [6.07, 6.45) is 1.59. The van der Waals surface area contributed by atoms with Crippen molar-refractivity contribution in [3.63, 3.8) is 0 Å². The van der Waals surface area contributed by atoms with Crippen LogP contribution in [0.25, 0.3) is 10.8 Å². The highest BCUT2D eigenvalue weighted by Crippen LogP contribution is 2.31. The Kier molecular flexibility index (Phi) is 6.83. The van der Waals surface area contributed by atoms with Crippen LogP contribution in [-0.2, 0) is 17.6 Å². The minimum absolute atomic E-state index is 0.0105. The van der Waals surface area contributed by atoms with Crippen LogP contribution in [0.4, 0.5) is 0 Å². The SMILES string of the molecule is NCCc1ccc2c(CCC(=O)NC(c3ccccc3)c3ccccc3)cccc2c1O. The summed E-state index contributed by atoms with van der Waals surface area (Å²) < 4.78 is 0. The van der Waals surface area contributed by atoms with E-state index in [4.69, 9.17) is 5.73 Å². The lowest BCUT2D eigenvalue weighted by atomic mass is 9.96. The Balaban J connectivity index is 1.52. The van der Waals surface area contributed by atoms with Crippen molar-refractivity contribution in [2.75, 3.05) is 6.54 Å². The highest BCUT2D eigenvalue weighted by Gasteiger charge is 2.17. The van der Waals surface area contributed by atoms with E-state index in [1.54, 1.807) is 0 Å². The second-order valence-corrected chi connectivity index (χ2v) is 7.95. The molecule has 4 aromatic carbocycles. The molecule has 0 aliphatic carbocycles. The van der Waals surface area contributed by atoms with Gasteiger partial charge in [0.05, 0.1) is 6.04 Å². The van der Waals surface area contributed by atoms with Gasteiger partial charge in [0.1, 0.15) is 5.75 Å². The Bertz CT molecular complexity index is 1150. The Morgan fingerprint density at radius 1 is 0.750 bits per heavy atom. The largest absolute Gasteiger partial charge is 0.507 e. The molecule has 0 fully saturated rings. The van der Waals surface area contributed by atoms with Gasteiger partial charge in [0.25, 0.3) is 0 Å². The molecule has 0 spiro atoms. The van der Waals surface area contributed by atoms with E-state index >= 15 is 0 Å². The van der Waals surface area contributed by atoms with Crippen molar-refractivity contribution in [3.8, 4) is 5.75 Å². The van der Waals surface area contributed by atoms with Crippen molar-refractivity contribution in [1.82, 2.24) is 5.32 Å². The zero-order valence-electron chi connectivity index (χ0n) is 18.0. The Morgan fingerprint density at radius 3 is 2.03 bits per heavy atom. The van der Waals surface area contributed by atoms with E-state index in [9.17, 15) is 9.90 Å². The molecule has 0 saturated heterocycles. The zero-order chi connectivity index (χ0) is 22.3. The molecule has 0 bridgehead atoms. The number of benzene rings is 4. The molecular weight excluding hydrogens is 396 g/mol. The molecule has 162 valence electrons. The molecule has 4 N–H and O–H groups in total. The van der Waals surface area contributed by atoms with Crippen LogP contribution in [0.1, 0.15) is 34.7 Å². The van der Waals surface area contributed by atoms with Gasteiger partial charge in [0, 0.05) is 11.8 Å². The molecule has 32 heavy (non-hydrogen) atoms. The summed E-state index contributed by atoms with van der Waals surface area (Å²) in [5.74, 6) is 0.274. The van der Waals surface area contributed by atoms with Gasteiger partial charge in [0.2, 0.25) is 5.91 Å². The van der Waals surface area contributed by atoms with E-state index in [1.807, 2.05) is 91.0 Å². The maximum absolute atomic E-state index is 12.9. The van der Waals surface area contributed by atoms with Crippen LogP contribution in [0, 0.1) is 0 Å². The molecule has 0 aromatic heterocycles. The normalized spacial score (nSPS) is 11.1. The van der Waals surface area contributed by atoms with Gasteiger partial charge in [0.15, 0.2) is 0 Å². The second-order valence-electron chi connectivity index (χ2n) is 7.95. The monoisotopic (exact) mass is 424 g/mol. The minimum atomic E-state index is -0.194. The topological polar surface area (TPSA) is 75.4 Å². The lowest BCUT2D eigenvalue weighted by Gasteiger charge is -2.20. The lowest BCUT2D eigenvalue weighted by molar-refractivity contribution is -0.121. The van der Waals surface area contributed by atoms with Crippen LogP contribution >= 0.6 is 0 Å². The van der Waals surface area contributed by atoms with Crippen LogP contribution < -0.4 is 11.1 Å². The predicted molar refractivity (Wildman–Crippen MR) is 130 cm³/mol. The van der Waals surface area contributed by atoms with Crippen molar-refractivity contribution < 1.29 is 9.90 Å². The first-order chi connectivity index (χ1) is 15.7. The van der Waals surface area contributed by atoms with Gasteiger partial charge in [-0.2, -0.15) is 0 Å². The summed E-state index contributed by atoms with van der Waals surface area (Å²) in [6, 6.07) is 29.6. The van der Waals surface area contributed by atoms with E-state index in [0.29, 0.717) is 25.8 Å². The van der Waals surface area contributed by atoms with Crippen LogP contribution in [0.15, 0.2) is 91.0 Å². The summed E-state index contributed by atoms with van der Waals surface area (Å²) >= 11 is 0. The second kappa shape index (κ2) is 10.1. The average molecular weight is 425 g/mol. The summed E-state index contributed by atoms with van der Waals surface area (Å²) in [7, 11) is 0. The van der Waals surface area contributed by atoms with E-state index in [1.165, 1.54) is 0 Å². The number of carbonyl (C=O) groups is 1. The number of hydrogen-bond donors (Lipinski definition) is 3. The van der Waals surface area contributed by atoms with Gasteiger partial charge in [-0.15, -0.1) is 0 Å². The van der Waals surface area contributed by atoms with Crippen LogP contribution in [0.2, 0.25) is 0 Å². The van der Waals surface area contributed by atoms with Crippen LogP contribution in [0.5, 0.6) is 5.75 Å². The first-order valence-electron chi connectivity index (χ1n) is 11.0. The highest BCUT2D eigenvalue weighted by atomic mass is 16.3. The Hall–Kier alpha value is -3.63. The van der Waals surface area contributed by atoms with Crippen molar-refractivity contribution in [1.29, 1.82) is 0 Å². The van der Waals surface area contributed by atoms with Crippen LogP contribution in [-0.4, -0.2) is 17.6 Å². The molecule has 1 amide bonds. The summed E-state index contributed by atoms with van der Waals surface area (Å²) in [5.41, 5.74) is 9.65. The molecule has 4 rings (SSSR count). The van der Waals surface area contributed by atoms with Gasteiger partial charge in [-0.3, -0.25) is 4.79 Å². The smallest absolute Gasteiger partial charge is 0.221 e. The summed E-state index contributed by atoms with van der Waals surface area (Å²) in [6.45, 7) is 0.489. The third-order valence-electron chi connectivity index (χ3n) is 5.81. The van der Waals surface area contributed by atoms with Crippen LogP contribution in [0.3, 0.4) is 0 Å². The molecule has 4 aromatic rings. The fraction of sp³-hybridized carbons (Fsp3) is 0.179. The zero-order valence-corrected chi connectivity index (χ0v) is 18.0. The molecule has 0 aliphatic rings. The molecule has 4 nitrogen and oxygen atoms in total. The van der Waals surface area contributed by atoms with Gasteiger partial charge < -0.3 is 16.2 Å². The molecule has 0 unspecified atom stereocenters. The molecule has 0 aliphatic heterocycles. The number of fused-ring (bicyclic) bond motifs is 1. The molecule has 0 radical (unpaired) electrons. The number of carbonyl (C=O) groups excluding carboxylic acids is 1. The fourth-order valence-corrected chi connectivity index (χ4v) is 4.16. The molecule has 0 heterocycles. The number of nitrogens with two attached hydrogens (primary N) is 1. The minimum Gasteiger partial charge on any atom is -0.507 e. The Labute approximate surface area is 188 Å². The first kappa shape index (κ1) is 21.6. The van der Waals surface area contributed by atoms with Gasteiger partial charge in [-0.25, -0.2) is 0 Å². The average Bonchev–Trinajstić information content (AvgIpc) is 2.84. The number of rotatable bonds is 8. The quantitative estimate of drug-likeness (QED) is 0.377. The van der Waals surface area contributed by atoms with E-state index in [2.05, 4.69) is 5.32 Å². The molecule has 0 atom stereocenters. The summed E-state index contributed by atoms with van der Waals surface area (Å²) in [5, 5.41) is 15.6. The standard InChI is InChI=1S/C28H28N2O2/c29-19-18-23-14-16-24-20(12-7-13-25(24)28(23)32)15-17-26(31)30-27(21-8-3-1-4-9-21)22-10-5-2-6-11-22/h1-14,16,27,32H,15,17-19,29H2,(H,30,31). The third-order valence-corrected chi connectivity index (χ3v) is 5.81. The summed E-state index contributed by atoms with van der Waals surface area (Å²) in [4.78, 5) is 12.9. The first-order valence-corrected chi connectivity index (χ1v) is 11.0. The number of amides is 1. The fourth-order valence-electron chi connectivity index (χ4n) is 4.16. The lowest BCUT2D eigenvalue weighted by Crippen LogP contribution is -2.29. The van der Waals surface area contributed by atoms with Crippen molar-refractivity contribution in [2.45, 2.75) is 25.3 Å². The molecular formula is C28H28N2O2. The number of phenolic OH excluding ortho intramolecular Hbond substituents is 1. The predicted octanol–water partition coefficient (Wildman–Crippen LogP) is 4.89. The Morgan fingerprint density at radius 2 is 1.41 bits per heavy atom. The molecule has 4 heteroatoms. The number of aromatic hydroxyl groups is 1. The number of hydrogen-bond acceptors (Lipinski definition) is 3. The van der Waals surface area contributed by atoms with Gasteiger partial charge >= 0.3 is 0 Å².